The Morgan fingerprint density at radius 2 is 1.75 bits per heavy atom. The second-order valence-corrected chi connectivity index (χ2v) is 6.02. The largest absolute Gasteiger partial charge is 0.416 e. The van der Waals surface area contributed by atoms with Crippen LogP contribution in [-0.2, 0) is 6.18 Å². The highest BCUT2D eigenvalue weighted by Gasteiger charge is 2.30. The minimum Gasteiger partial charge on any atom is -0.377 e. The summed E-state index contributed by atoms with van der Waals surface area (Å²) in [6.45, 7) is 5.87. The minimum absolute atomic E-state index is 0.0447. The first kappa shape index (κ1) is 14.8. The van der Waals surface area contributed by atoms with Crippen molar-refractivity contribution >= 4 is 17.0 Å². The molecule has 0 fully saturated rings. The van der Waals surface area contributed by atoms with Gasteiger partial charge in [-0.05, 0) is 45.0 Å². The third-order valence-electron chi connectivity index (χ3n) is 2.94. The lowest BCUT2D eigenvalue weighted by atomic mass is 10.1. The number of hydrogen-bond donors (Lipinski definition) is 1. The molecule has 0 saturated heterocycles. The molecule has 0 bridgehead atoms. The van der Waals surface area contributed by atoms with Crippen LogP contribution >= 0.6 is 11.3 Å². The van der Waals surface area contributed by atoms with E-state index in [-0.39, 0.29) is 6.04 Å². The van der Waals surface area contributed by atoms with Crippen LogP contribution in [0.15, 0.2) is 24.3 Å². The van der Waals surface area contributed by atoms with Crippen LogP contribution in [0, 0.1) is 13.8 Å². The molecule has 0 radical (unpaired) electrons. The second kappa shape index (κ2) is 5.44. The van der Waals surface area contributed by atoms with Crippen LogP contribution in [0.2, 0.25) is 0 Å². The Hall–Kier alpha value is -1.56. The molecular formula is C14H15F3N2S. The van der Waals surface area contributed by atoms with E-state index in [0.29, 0.717) is 5.69 Å². The Morgan fingerprint density at radius 1 is 1.15 bits per heavy atom. The molecule has 1 atom stereocenters. The minimum atomic E-state index is -4.30. The van der Waals surface area contributed by atoms with Crippen LogP contribution in [0.1, 0.15) is 34.1 Å². The maximum atomic E-state index is 12.5. The van der Waals surface area contributed by atoms with Crippen molar-refractivity contribution in [1.29, 1.82) is 0 Å². The fraction of sp³-hybridized carbons (Fsp3) is 0.357. The summed E-state index contributed by atoms with van der Waals surface area (Å²) in [7, 11) is 0. The molecule has 1 aromatic heterocycles. The third-order valence-corrected chi connectivity index (χ3v) is 3.85. The van der Waals surface area contributed by atoms with Crippen molar-refractivity contribution < 1.29 is 13.2 Å². The normalized spacial score (nSPS) is 13.3. The highest BCUT2D eigenvalue weighted by atomic mass is 32.1. The number of nitrogens with zero attached hydrogens (tertiary/aromatic N) is 1. The van der Waals surface area contributed by atoms with Crippen LogP contribution in [0.5, 0.6) is 0 Å². The molecule has 2 rings (SSSR count). The predicted molar refractivity (Wildman–Crippen MR) is 75.1 cm³/mol. The first-order valence-electron chi connectivity index (χ1n) is 6.15. The van der Waals surface area contributed by atoms with Gasteiger partial charge in [0.05, 0.1) is 22.3 Å². The van der Waals surface area contributed by atoms with E-state index in [1.165, 1.54) is 12.1 Å². The van der Waals surface area contributed by atoms with Gasteiger partial charge in [-0.1, -0.05) is 0 Å². The molecule has 2 aromatic rings. The SMILES string of the molecule is Cc1nc(C(C)Nc2ccc(C(F)(F)F)cc2)c(C)s1. The van der Waals surface area contributed by atoms with Crippen LogP contribution < -0.4 is 5.32 Å². The number of hydrogen-bond acceptors (Lipinski definition) is 3. The lowest BCUT2D eigenvalue weighted by Gasteiger charge is -2.15. The number of alkyl halides is 3. The van der Waals surface area contributed by atoms with Gasteiger partial charge in [-0.25, -0.2) is 4.98 Å². The molecule has 6 heteroatoms. The van der Waals surface area contributed by atoms with E-state index in [2.05, 4.69) is 10.3 Å². The van der Waals surface area contributed by atoms with Crippen molar-refractivity contribution in [3.05, 3.63) is 45.4 Å². The molecule has 0 saturated carbocycles. The van der Waals surface area contributed by atoms with E-state index in [1.807, 2.05) is 20.8 Å². The first-order valence-corrected chi connectivity index (χ1v) is 6.96. The van der Waals surface area contributed by atoms with Crippen LogP contribution in [0.4, 0.5) is 18.9 Å². The lowest BCUT2D eigenvalue weighted by molar-refractivity contribution is -0.137. The molecule has 1 N–H and O–H groups in total. The molecule has 0 amide bonds. The Morgan fingerprint density at radius 3 is 2.20 bits per heavy atom. The quantitative estimate of drug-likeness (QED) is 0.867. The molecule has 0 aliphatic heterocycles. The number of nitrogens with one attached hydrogen (secondary N) is 1. The third kappa shape index (κ3) is 3.30. The molecule has 2 nitrogen and oxygen atoms in total. The van der Waals surface area contributed by atoms with Crippen LogP contribution in [0.25, 0.3) is 0 Å². The zero-order chi connectivity index (χ0) is 14.9. The maximum Gasteiger partial charge on any atom is 0.416 e. The van der Waals surface area contributed by atoms with Gasteiger partial charge in [0.25, 0.3) is 0 Å². The molecule has 0 aliphatic carbocycles. The summed E-state index contributed by atoms with van der Waals surface area (Å²) >= 11 is 1.61. The number of anilines is 1. The number of thiazole rings is 1. The average molecular weight is 300 g/mol. The van der Waals surface area contributed by atoms with Crippen molar-refractivity contribution in [2.45, 2.75) is 33.0 Å². The van der Waals surface area contributed by atoms with Gasteiger partial charge in [-0.2, -0.15) is 13.2 Å². The lowest BCUT2D eigenvalue weighted by Crippen LogP contribution is -2.09. The van der Waals surface area contributed by atoms with Crippen molar-refractivity contribution in [1.82, 2.24) is 4.98 Å². The highest BCUT2D eigenvalue weighted by Crippen LogP contribution is 2.31. The van der Waals surface area contributed by atoms with E-state index in [4.69, 9.17) is 0 Å². The van der Waals surface area contributed by atoms with E-state index in [0.717, 1.165) is 27.7 Å². The summed E-state index contributed by atoms with van der Waals surface area (Å²) in [5, 5.41) is 4.15. The number of benzene rings is 1. The summed E-state index contributed by atoms with van der Waals surface area (Å²) in [6.07, 6.45) is -4.30. The van der Waals surface area contributed by atoms with Crippen molar-refractivity contribution in [3.8, 4) is 0 Å². The fourth-order valence-electron chi connectivity index (χ4n) is 2.02. The van der Waals surface area contributed by atoms with Crippen molar-refractivity contribution in [3.63, 3.8) is 0 Å². The molecule has 1 aromatic carbocycles. The van der Waals surface area contributed by atoms with E-state index in [9.17, 15) is 13.2 Å². The fourth-order valence-corrected chi connectivity index (χ4v) is 2.93. The summed E-state index contributed by atoms with van der Waals surface area (Å²) in [4.78, 5) is 5.56. The smallest absolute Gasteiger partial charge is 0.377 e. The molecule has 20 heavy (non-hydrogen) atoms. The topological polar surface area (TPSA) is 24.9 Å². The Balaban J connectivity index is 2.12. The van der Waals surface area contributed by atoms with Gasteiger partial charge in [0.1, 0.15) is 0 Å². The van der Waals surface area contributed by atoms with Gasteiger partial charge < -0.3 is 5.32 Å². The standard InChI is InChI=1S/C14H15F3N2S/c1-8(13-9(2)20-10(3)19-13)18-12-6-4-11(5-7-12)14(15,16)17/h4-8,18H,1-3H3. The van der Waals surface area contributed by atoms with Crippen molar-refractivity contribution in [2.24, 2.45) is 0 Å². The number of aryl methyl sites for hydroxylation is 2. The van der Waals surface area contributed by atoms with E-state index >= 15 is 0 Å². The summed E-state index contributed by atoms with van der Waals surface area (Å²) in [6, 6.07) is 4.99. The predicted octanol–water partition coefficient (Wildman–Crippen LogP) is 4.95. The number of aromatic nitrogens is 1. The molecule has 1 unspecified atom stereocenters. The summed E-state index contributed by atoms with van der Waals surface area (Å²) in [5.74, 6) is 0. The summed E-state index contributed by atoms with van der Waals surface area (Å²) < 4.78 is 37.4. The monoisotopic (exact) mass is 300 g/mol. The maximum absolute atomic E-state index is 12.5. The van der Waals surface area contributed by atoms with Crippen LogP contribution in [0.3, 0.4) is 0 Å². The van der Waals surface area contributed by atoms with Crippen molar-refractivity contribution in [2.75, 3.05) is 5.32 Å². The molecule has 0 spiro atoms. The van der Waals surface area contributed by atoms with Gasteiger partial charge in [0, 0.05) is 10.6 Å². The molecular weight excluding hydrogens is 285 g/mol. The summed E-state index contributed by atoms with van der Waals surface area (Å²) in [5.41, 5.74) is 0.944. The van der Waals surface area contributed by atoms with Gasteiger partial charge >= 0.3 is 6.18 Å². The van der Waals surface area contributed by atoms with Crippen LogP contribution in [-0.4, -0.2) is 4.98 Å². The zero-order valence-electron chi connectivity index (χ0n) is 11.4. The van der Waals surface area contributed by atoms with E-state index < -0.39 is 11.7 Å². The Kier molecular flexibility index (Phi) is 4.04. The number of rotatable bonds is 3. The second-order valence-electron chi connectivity index (χ2n) is 4.62. The molecule has 0 aliphatic rings. The zero-order valence-corrected chi connectivity index (χ0v) is 12.2. The molecule has 1 heterocycles. The van der Waals surface area contributed by atoms with Gasteiger partial charge in [-0.15, -0.1) is 11.3 Å². The van der Waals surface area contributed by atoms with E-state index in [1.54, 1.807) is 11.3 Å². The number of halogens is 3. The molecule has 108 valence electrons. The van der Waals surface area contributed by atoms with Gasteiger partial charge in [-0.3, -0.25) is 0 Å². The Bertz CT molecular complexity index is 587. The van der Waals surface area contributed by atoms with Gasteiger partial charge in [0.2, 0.25) is 0 Å². The average Bonchev–Trinajstić information content (AvgIpc) is 2.68. The van der Waals surface area contributed by atoms with Gasteiger partial charge in [0.15, 0.2) is 0 Å². The Labute approximate surface area is 119 Å². The highest BCUT2D eigenvalue weighted by molar-refractivity contribution is 7.11. The first-order chi connectivity index (χ1) is 9.27.